The van der Waals surface area contributed by atoms with Gasteiger partial charge in [-0.2, -0.15) is 0 Å². The number of nitrogens with zero attached hydrogens (tertiary/aromatic N) is 1. The van der Waals surface area contributed by atoms with E-state index in [2.05, 4.69) is 37.9 Å². The first kappa shape index (κ1) is 12.7. The van der Waals surface area contributed by atoms with Gasteiger partial charge in [0.25, 0.3) is 0 Å². The highest BCUT2D eigenvalue weighted by molar-refractivity contribution is 5.77. The number of phenolic OH excluding ortho intramolecular Hbond substituents is 1. The molecule has 2 aromatic carbocycles. The van der Waals surface area contributed by atoms with Crippen LogP contribution in [0, 0.1) is 0 Å². The van der Waals surface area contributed by atoms with Crippen LogP contribution in [-0.4, -0.2) is 10.1 Å². The zero-order valence-electron chi connectivity index (χ0n) is 11.8. The zero-order valence-corrected chi connectivity index (χ0v) is 11.8. The topological polar surface area (TPSA) is 46.3 Å². The third kappa shape index (κ3) is 2.27. The highest BCUT2D eigenvalue weighted by Crippen LogP contribution is 2.29. The van der Waals surface area contributed by atoms with Crippen molar-refractivity contribution in [2.24, 2.45) is 0 Å². The Morgan fingerprint density at radius 2 is 1.70 bits per heavy atom. The number of benzene rings is 2. The van der Waals surface area contributed by atoms with E-state index in [1.54, 1.807) is 24.3 Å². The molecule has 20 heavy (non-hydrogen) atoms. The third-order valence-electron chi connectivity index (χ3n) is 3.37. The van der Waals surface area contributed by atoms with Crippen molar-refractivity contribution in [1.82, 2.24) is 4.98 Å². The van der Waals surface area contributed by atoms with E-state index in [1.165, 1.54) is 5.56 Å². The maximum atomic E-state index is 9.32. The molecule has 0 fully saturated rings. The van der Waals surface area contributed by atoms with Gasteiger partial charge in [0.1, 0.15) is 11.3 Å². The second-order valence-corrected chi connectivity index (χ2v) is 6.00. The van der Waals surface area contributed by atoms with Gasteiger partial charge in [0.15, 0.2) is 5.58 Å². The minimum absolute atomic E-state index is 0.0891. The number of fused-ring (bicyclic) bond motifs is 1. The van der Waals surface area contributed by atoms with E-state index < -0.39 is 0 Å². The van der Waals surface area contributed by atoms with Gasteiger partial charge in [0.05, 0.1) is 0 Å². The van der Waals surface area contributed by atoms with Crippen LogP contribution < -0.4 is 0 Å². The molecule has 102 valence electrons. The van der Waals surface area contributed by atoms with Gasteiger partial charge in [-0.15, -0.1) is 0 Å². The molecule has 3 heteroatoms. The third-order valence-corrected chi connectivity index (χ3v) is 3.37. The number of phenols is 1. The predicted octanol–water partition coefficient (Wildman–Crippen LogP) is 4.50. The summed E-state index contributed by atoms with van der Waals surface area (Å²) in [5, 5.41) is 9.32. The fraction of sp³-hybridized carbons (Fsp3) is 0.235. The Morgan fingerprint density at radius 3 is 2.35 bits per heavy atom. The van der Waals surface area contributed by atoms with E-state index in [1.807, 2.05) is 6.07 Å². The van der Waals surface area contributed by atoms with Crippen LogP contribution >= 0.6 is 0 Å². The van der Waals surface area contributed by atoms with Crippen LogP contribution in [0.1, 0.15) is 26.3 Å². The molecular weight excluding hydrogens is 250 g/mol. The largest absolute Gasteiger partial charge is 0.508 e. The Morgan fingerprint density at radius 1 is 1.00 bits per heavy atom. The lowest BCUT2D eigenvalue weighted by atomic mass is 9.87. The summed E-state index contributed by atoms with van der Waals surface area (Å²) >= 11 is 0. The lowest BCUT2D eigenvalue weighted by Gasteiger charge is -2.18. The zero-order chi connectivity index (χ0) is 14.3. The van der Waals surface area contributed by atoms with Gasteiger partial charge in [-0.3, -0.25) is 0 Å². The SMILES string of the molecule is CC(C)(C)c1ccc2oc(-c3ccc(O)cc3)nc2c1. The van der Waals surface area contributed by atoms with Crippen LogP contribution in [0.3, 0.4) is 0 Å². The Labute approximate surface area is 117 Å². The summed E-state index contributed by atoms with van der Waals surface area (Å²) in [5.41, 5.74) is 3.82. The van der Waals surface area contributed by atoms with E-state index in [4.69, 9.17) is 4.42 Å². The minimum Gasteiger partial charge on any atom is -0.508 e. The summed E-state index contributed by atoms with van der Waals surface area (Å²) in [5.74, 6) is 0.811. The van der Waals surface area contributed by atoms with Gasteiger partial charge < -0.3 is 9.52 Å². The Hall–Kier alpha value is -2.29. The van der Waals surface area contributed by atoms with Crippen molar-refractivity contribution in [3.8, 4) is 17.2 Å². The Bertz CT molecular complexity index is 749. The van der Waals surface area contributed by atoms with Crippen LogP contribution in [0.4, 0.5) is 0 Å². The normalized spacial score (nSPS) is 11.9. The molecule has 0 aliphatic heterocycles. The molecule has 0 saturated heterocycles. The first-order valence-corrected chi connectivity index (χ1v) is 6.64. The molecule has 0 radical (unpaired) electrons. The van der Waals surface area contributed by atoms with E-state index in [-0.39, 0.29) is 11.2 Å². The van der Waals surface area contributed by atoms with Gasteiger partial charge in [-0.1, -0.05) is 26.8 Å². The van der Waals surface area contributed by atoms with E-state index in [0.717, 1.165) is 16.7 Å². The fourth-order valence-corrected chi connectivity index (χ4v) is 2.12. The molecule has 1 N–H and O–H groups in total. The van der Waals surface area contributed by atoms with Crippen molar-refractivity contribution < 1.29 is 9.52 Å². The summed E-state index contributed by atoms with van der Waals surface area (Å²) in [6, 6.07) is 13.0. The smallest absolute Gasteiger partial charge is 0.227 e. The molecule has 1 aromatic heterocycles. The van der Waals surface area contributed by atoms with Crippen molar-refractivity contribution in [2.45, 2.75) is 26.2 Å². The van der Waals surface area contributed by atoms with Crippen molar-refractivity contribution in [1.29, 1.82) is 0 Å². The summed E-state index contributed by atoms with van der Waals surface area (Å²) in [6.45, 7) is 6.53. The van der Waals surface area contributed by atoms with Gasteiger partial charge >= 0.3 is 0 Å². The van der Waals surface area contributed by atoms with Crippen molar-refractivity contribution >= 4 is 11.1 Å². The average molecular weight is 267 g/mol. The second kappa shape index (κ2) is 4.37. The van der Waals surface area contributed by atoms with Crippen LogP contribution in [0.5, 0.6) is 5.75 Å². The van der Waals surface area contributed by atoms with Crippen LogP contribution in [0.25, 0.3) is 22.6 Å². The molecule has 0 aliphatic carbocycles. The number of oxazole rings is 1. The molecule has 0 atom stereocenters. The molecular formula is C17H17NO2. The van der Waals surface area contributed by atoms with Gasteiger partial charge in [0, 0.05) is 5.56 Å². The van der Waals surface area contributed by atoms with Gasteiger partial charge in [0.2, 0.25) is 5.89 Å². The number of hydrogen-bond acceptors (Lipinski definition) is 3. The van der Waals surface area contributed by atoms with Crippen LogP contribution in [-0.2, 0) is 5.41 Å². The maximum absolute atomic E-state index is 9.32. The number of aromatic nitrogens is 1. The molecule has 0 aliphatic rings. The molecule has 1 heterocycles. The highest BCUT2D eigenvalue weighted by Gasteiger charge is 2.16. The lowest BCUT2D eigenvalue weighted by Crippen LogP contribution is -2.10. The fourth-order valence-electron chi connectivity index (χ4n) is 2.12. The molecule has 3 rings (SSSR count). The minimum atomic E-state index is 0.0891. The summed E-state index contributed by atoms with van der Waals surface area (Å²) in [6.07, 6.45) is 0. The second-order valence-electron chi connectivity index (χ2n) is 6.00. The number of hydrogen-bond donors (Lipinski definition) is 1. The van der Waals surface area contributed by atoms with Crippen molar-refractivity contribution in [3.63, 3.8) is 0 Å². The molecule has 3 aromatic rings. The first-order valence-electron chi connectivity index (χ1n) is 6.64. The standard InChI is InChI=1S/C17H17NO2/c1-17(2,3)12-6-9-15-14(10-12)18-16(20-15)11-4-7-13(19)8-5-11/h4-10,19H,1-3H3. The van der Waals surface area contributed by atoms with Gasteiger partial charge in [-0.25, -0.2) is 4.98 Å². The summed E-state index contributed by atoms with van der Waals surface area (Å²) in [4.78, 5) is 4.54. The Balaban J connectivity index is 2.09. The van der Waals surface area contributed by atoms with Crippen LogP contribution in [0.2, 0.25) is 0 Å². The lowest BCUT2D eigenvalue weighted by molar-refractivity contribution is 0.475. The van der Waals surface area contributed by atoms with E-state index >= 15 is 0 Å². The Kier molecular flexibility index (Phi) is 2.78. The van der Waals surface area contributed by atoms with E-state index in [9.17, 15) is 5.11 Å². The molecule has 0 unspecified atom stereocenters. The molecule has 3 nitrogen and oxygen atoms in total. The van der Waals surface area contributed by atoms with Crippen molar-refractivity contribution in [3.05, 3.63) is 48.0 Å². The molecule has 0 spiro atoms. The first-order chi connectivity index (χ1) is 9.43. The predicted molar refractivity (Wildman–Crippen MR) is 79.8 cm³/mol. The molecule has 0 saturated carbocycles. The highest BCUT2D eigenvalue weighted by atomic mass is 16.3. The van der Waals surface area contributed by atoms with Crippen LogP contribution in [0.15, 0.2) is 46.9 Å². The maximum Gasteiger partial charge on any atom is 0.227 e. The number of rotatable bonds is 1. The summed E-state index contributed by atoms with van der Waals surface area (Å²) < 4.78 is 5.77. The van der Waals surface area contributed by atoms with Crippen molar-refractivity contribution in [2.75, 3.05) is 0 Å². The summed E-state index contributed by atoms with van der Waals surface area (Å²) in [7, 11) is 0. The monoisotopic (exact) mass is 267 g/mol. The van der Waals surface area contributed by atoms with E-state index in [0.29, 0.717) is 5.89 Å². The molecule has 0 bridgehead atoms. The quantitative estimate of drug-likeness (QED) is 0.706. The number of aromatic hydroxyl groups is 1. The van der Waals surface area contributed by atoms with Gasteiger partial charge in [-0.05, 0) is 47.4 Å². The molecule has 0 amide bonds. The average Bonchev–Trinajstić information content (AvgIpc) is 2.81.